The maximum absolute atomic E-state index is 12.5. The molecule has 0 unspecified atom stereocenters. The number of rotatable bonds is 9. The zero-order valence-electron chi connectivity index (χ0n) is 20.0. The van der Waals surface area contributed by atoms with Gasteiger partial charge in [0.05, 0.1) is 16.0 Å². The standard InChI is InChI=1S/C30H25N3O2S2/c34-28(18-11-21-7-3-1-4-8-21)32-25-16-17-26-27(19-25)37-30(33-26)36-20-29(35)31-24-14-12-23(13-15-24)22-9-5-2-6-10-22/h1-10,12-17,19H,11,18,20H2,(H,31,35)(H,32,34). The topological polar surface area (TPSA) is 71.1 Å². The van der Waals surface area contributed by atoms with E-state index >= 15 is 0 Å². The van der Waals surface area contributed by atoms with E-state index in [0.29, 0.717) is 12.8 Å². The minimum absolute atomic E-state index is 0.0178. The van der Waals surface area contributed by atoms with Gasteiger partial charge in [-0.15, -0.1) is 11.3 Å². The summed E-state index contributed by atoms with van der Waals surface area (Å²) in [6, 6.07) is 33.6. The highest BCUT2D eigenvalue weighted by Gasteiger charge is 2.10. The van der Waals surface area contributed by atoms with Crippen molar-refractivity contribution < 1.29 is 9.59 Å². The number of nitrogens with zero attached hydrogens (tertiary/aromatic N) is 1. The van der Waals surface area contributed by atoms with Crippen molar-refractivity contribution in [3.05, 3.63) is 109 Å². The van der Waals surface area contributed by atoms with Crippen LogP contribution >= 0.6 is 23.1 Å². The minimum Gasteiger partial charge on any atom is -0.326 e. The van der Waals surface area contributed by atoms with Gasteiger partial charge in [-0.25, -0.2) is 4.98 Å². The molecule has 5 rings (SSSR count). The van der Waals surface area contributed by atoms with Crippen LogP contribution in [0.2, 0.25) is 0 Å². The van der Waals surface area contributed by atoms with E-state index in [4.69, 9.17) is 0 Å². The normalized spacial score (nSPS) is 10.8. The summed E-state index contributed by atoms with van der Waals surface area (Å²) in [5.41, 5.74) is 5.76. The van der Waals surface area contributed by atoms with Crippen LogP contribution in [0.4, 0.5) is 11.4 Å². The van der Waals surface area contributed by atoms with E-state index in [1.165, 1.54) is 23.1 Å². The highest BCUT2D eigenvalue weighted by Crippen LogP contribution is 2.31. The first-order valence-corrected chi connectivity index (χ1v) is 13.8. The van der Waals surface area contributed by atoms with Crippen LogP contribution in [0.3, 0.4) is 0 Å². The van der Waals surface area contributed by atoms with Gasteiger partial charge >= 0.3 is 0 Å². The van der Waals surface area contributed by atoms with Crippen LogP contribution < -0.4 is 10.6 Å². The average molecular weight is 524 g/mol. The maximum Gasteiger partial charge on any atom is 0.234 e. The molecule has 1 aromatic heterocycles. The number of carbonyl (C=O) groups is 2. The number of thioether (sulfide) groups is 1. The zero-order valence-corrected chi connectivity index (χ0v) is 21.6. The zero-order chi connectivity index (χ0) is 25.5. The van der Waals surface area contributed by atoms with Crippen LogP contribution in [0.1, 0.15) is 12.0 Å². The lowest BCUT2D eigenvalue weighted by molar-refractivity contribution is -0.116. The molecule has 0 atom stereocenters. The molecule has 0 spiro atoms. The van der Waals surface area contributed by atoms with Gasteiger partial charge in [0, 0.05) is 17.8 Å². The Hall–Kier alpha value is -3.94. The first-order valence-electron chi connectivity index (χ1n) is 11.9. The first kappa shape index (κ1) is 24.7. The molecule has 0 saturated heterocycles. The number of fused-ring (bicyclic) bond motifs is 1. The SMILES string of the molecule is O=C(CCc1ccccc1)Nc1ccc2nc(SCC(=O)Nc3ccc(-c4ccccc4)cc3)sc2c1. The largest absolute Gasteiger partial charge is 0.326 e. The van der Waals surface area contributed by atoms with E-state index in [2.05, 4.69) is 27.8 Å². The number of aryl methyl sites for hydroxylation is 1. The lowest BCUT2D eigenvalue weighted by atomic mass is 10.1. The first-order chi connectivity index (χ1) is 18.1. The van der Waals surface area contributed by atoms with Crippen LogP contribution in [0, 0.1) is 0 Å². The van der Waals surface area contributed by atoms with Crippen molar-refractivity contribution in [1.29, 1.82) is 0 Å². The molecule has 5 nitrogen and oxygen atoms in total. The third-order valence-corrected chi connectivity index (χ3v) is 7.90. The Morgan fingerprint density at radius 1 is 0.730 bits per heavy atom. The van der Waals surface area contributed by atoms with Crippen molar-refractivity contribution in [2.45, 2.75) is 17.2 Å². The number of aromatic nitrogens is 1. The smallest absolute Gasteiger partial charge is 0.234 e. The maximum atomic E-state index is 12.5. The molecule has 2 N–H and O–H groups in total. The van der Waals surface area contributed by atoms with Crippen LogP contribution in [-0.4, -0.2) is 22.6 Å². The summed E-state index contributed by atoms with van der Waals surface area (Å²) in [6.07, 6.45) is 1.13. The Balaban J connectivity index is 1.12. The Labute approximate surface area is 224 Å². The van der Waals surface area contributed by atoms with E-state index in [9.17, 15) is 9.59 Å². The second-order valence-electron chi connectivity index (χ2n) is 8.48. The molecule has 0 radical (unpaired) electrons. The Bertz CT molecular complexity index is 1500. The van der Waals surface area contributed by atoms with Gasteiger partial charge in [-0.3, -0.25) is 9.59 Å². The molecule has 0 saturated carbocycles. The van der Waals surface area contributed by atoms with E-state index in [1.54, 1.807) is 0 Å². The molecule has 2 amide bonds. The van der Waals surface area contributed by atoms with Gasteiger partial charge in [0.1, 0.15) is 0 Å². The van der Waals surface area contributed by atoms with E-state index in [0.717, 1.165) is 42.6 Å². The molecule has 1 heterocycles. The molecular weight excluding hydrogens is 498 g/mol. The highest BCUT2D eigenvalue weighted by molar-refractivity contribution is 8.01. The van der Waals surface area contributed by atoms with Gasteiger partial charge < -0.3 is 10.6 Å². The minimum atomic E-state index is -0.0805. The average Bonchev–Trinajstić information content (AvgIpc) is 3.35. The Kier molecular flexibility index (Phi) is 7.93. The second kappa shape index (κ2) is 11.9. The fourth-order valence-electron chi connectivity index (χ4n) is 3.87. The van der Waals surface area contributed by atoms with Crippen molar-refractivity contribution >= 4 is 56.5 Å². The number of carbonyl (C=O) groups excluding carboxylic acids is 2. The fraction of sp³-hybridized carbons (Fsp3) is 0.100. The third-order valence-electron chi connectivity index (χ3n) is 5.74. The number of amides is 2. The molecule has 5 aromatic rings. The van der Waals surface area contributed by atoms with E-state index in [-0.39, 0.29) is 17.6 Å². The number of thiazole rings is 1. The van der Waals surface area contributed by atoms with Crippen molar-refractivity contribution in [3.8, 4) is 11.1 Å². The van der Waals surface area contributed by atoms with E-state index in [1.807, 2.05) is 91.0 Å². The van der Waals surface area contributed by atoms with Crippen LogP contribution in [0.25, 0.3) is 21.3 Å². The molecule has 0 aliphatic rings. The van der Waals surface area contributed by atoms with Gasteiger partial charge in [-0.1, -0.05) is 84.6 Å². The number of anilines is 2. The Morgan fingerprint density at radius 2 is 1.38 bits per heavy atom. The quantitative estimate of drug-likeness (QED) is 0.199. The molecule has 0 aliphatic heterocycles. The Morgan fingerprint density at radius 3 is 2.14 bits per heavy atom. The molecule has 7 heteroatoms. The molecule has 184 valence electrons. The fourth-order valence-corrected chi connectivity index (χ4v) is 5.78. The molecule has 0 aliphatic carbocycles. The van der Waals surface area contributed by atoms with Gasteiger partial charge in [-0.05, 0) is 53.4 Å². The monoisotopic (exact) mass is 523 g/mol. The molecule has 37 heavy (non-hydrogen) atoms. The molecule has 0 bridgehead atoms. The van der Waals surface area contributed by atoms with Crippen LogP contribution in [0.15, 0.2) is 107 Å². The van der Waals surface area contributed by atoms with Gasteiger partial charge in [0.25, 0.3) is 0 Å². The lowest BCUT2D eigenvalue weighted by Gasteiger charge is -2.06. The summed E-state index contributed by atoms with van der Waals surface area (Å²) in [4.78, 5) is 29.5. The van der Waals surface area contributed by atoms with Crippen molar-refractivity contribution in [2.75, 3.05) is 16.4 Å². The van der Waals surface area contributed by atoms with Crippen molar-refractivity contribution in [3.63, 3.8) is 0 Å². The summed E-state index contributed by atoms with van der Waals surface area (Å²) in [7, 11) is 0. The van der Waals surface area contributed by atoms with Gasteiger partial charge in [0.2, 0.25) is 11.8 Å². The lowest BCUT2D eigenvalue weighted by Crippen LogP contribution is -2.13. The van der Waals surface area contributed by atoms with Gasteiger partial charge in [-0.2, -0.15) is 0 Å². The summed E-state index contributed by atoms with van der Waals surface area (Å²) < 4.78 is 1.79. The van der Waals surface area contributed by atoms with Crippen LogP contribution in [0.5, 0.6) is 0 Å². The summed E-state index contributed by atoms with van der Waals surface area (Å²) >= 11 is 2.92. The summed E-state index contributed by atoms with van der Waals surface area (Å²) in [5.74, 6) is 0.169. The number of hydrogen-bond acceptors (Lipinski definition) is 5. The summed E-state index contributed by atoms with van der Waals surface area (Å²) in [6.45, 7) is 0. The molecule has 0 fully saturated rings. The van der Waals surface area contributed by atoms with Crippen molar-refractivity contribution in [2.24, 2.45) is 0 Å². The second-order valence-corrected chi connectivity index (χ2v) is 10.7. The van der Waals surface area contributed by atoms with Gasteiger partial charge in [0.15, 0.2) is 4.34 Å². The summed E-state index contributed by atoms with van der Waals surface area (Å²) in [5, 5.41) is 5.92. The molecule has 4 aromatic carbocycles. The predicted molar refractivity (Wildman–Crippen MR) is 154 cm³/mol. The highest BCUT2D eigenvalue weighted by atomic mass is 32.2. The number of hydrogen-bond donors (Lipinski definition) is 2. The predicted octanol–water partition coefficient (Wildman–Crippen LogP) is 7.27. The van der Waals surface area contributed by atoms with Crippen molar-refractivity contribution in [1.82, 2.24) is 4.98 Å². The number of nitrogens with one attached hydrogen (secondary N) is 2. The van der Waals surface area contributed by atoms with E-state index < -0.39 is 0 Å². The molecular formula is C30H25N3O2S2. The van der Waals surface area contributed by atoms with Crippen LogP contribution in [-0.2, 0) is 16.0 Å². The third kappa shape index (κ3) is 6.84. The number of benzene rings is 4.